The third-order valence-corrected chi connectivity index (χ3v) is 4.37. The lowest BCUT2D eigenvalue weighted by atomic mass is 9.77. The predicted octanol–water partition coefficient (Wildman–Crippen LogP) is 1.89. The molecule has 118 valence electrons. The second-order valence-corrected chi connectivity index (χ2v) is 5.87. The first-order valence-electron chi connectivity index (χ1n) is 7.46. The van der Waals surface area contributed by atoms with Crippen LogP contribution in [0, 0.1) is 0 Å². The Morgan fingerprint density at radius 2 is 1.91 bits per heavy atom. The zero-order valence-corrected chi connectivity index (χ0v) is 13.1. The molecule has 0 amide bonds. The summed E-state index contributed by atoms with van der Waals surface area (Å²) in [6, 6.07) is 1.79. The second-order valence-electron chi connectivity index (χ2n) is 5.87. The molecule has 1 aliphatic carbocycles. The van der Waals surface area contributed by atoms with E-state index in [2.05, 4.69) is 25.0 Å². The van der Waals surface area contributed by atoms with E-state index in [9.17, 15) is 0 Å². The predicted molar refractivity (Wildman–Crippen MR) is 83.7 cm³/mol. The van der Waals surface area contributed by atoms with Gasteiger partial charge in [0, 0.05) is 19.3 Å². The third kappa shape index (κ3) is 2.55. The van der Waals surface area contributed by atoms with E-state index >= 15 is 0 Å². The molecule has 8 heteroatoms. The van der Waals surface area contributed by atoms with Crippen molar-refractivity contribution < 1.29 is 4.52 Å². The monoisotopic (exact) mass is 322 g/mol. The zero-order valence-electron chi connectivity index (χ0n) is 12.2. The number of hydrogen-bond acceptors (Lipinski definition) is 7. The topological polar surface area (TPSA) is 94.0 Å². The lowest BCUT2D eigenvalue weighted by Gasteiger charge is -2.34. The van der Waals surface area contributed by atoms with Gasteiger partial charge in [0.2, 0.25) is 5.95 Å². The van der Waals surface area contributed by atoms with Crippen LogP contribution in [0.3, 0.4) is 0 Å². The molecule has 2 N–H and O–H groups in total. The van der Waals surface area contributed by atoms with Gasteiger partial charge in [0.1, 0.15) is 5.69 Å². The molecule has 22 heavy (non-hydrogen) atoms. The van der Waals surface area contributed by atoms with E-state index in [0.29, 0.717) is 17.4 Å². The maximum absolute atomic E-state index is 6.22. The molecule has 0 aromatic carbocycles. The van der Waals surface area contributed by atoms with E-state index in [1.807, 2.05) is 0 Å². The number of halogens is 1. The van der Waals surface area contributed by atoms with Gasteiger partial charge in [-0.15, -0.1) is 12.4 Å². The number of nitrogens with two attached hydrogens (primary N) is 1. The summed E-state index contributed by atoms with van der Waals surface area (Å²) in [5, 5.41) is 4.03. The molecule has 3 heterocycles. The molecule has 0 unspecified atom stereocenters. The standard InChI is InChI=1S/C14H18N6O.ClH/c15-14(5-3-6-14)12-18-11(21-19-12)10-4-7-16-13(17-10)20-8-1-2-9-20;/h4,7H,1-3,5-6,8-9,15H2;1H. The van der Waals surface area contributed by atoms with Gasteiger partial charge < -0.3 is 15.2 Å². The van der Waals surface area contributed by atoms with Crippen LogP contribution in [0.2, 0.25) is 0 Å². The molecule has 2 aliphatic rings. The fourth-order valence-electron chi connectivity index (χ4n) is 2.85. The van der Waals surface area contributed by atoms with Crippen molar-refractivity contribution >= 4 is 18.4 Å². The van der Waals surface area contributed by atoms with Crippen LogP contribution in [0.1, 0.15) is 37.9 Å². The van der Waals surface area contributed by atoms with Crippen molar-refractivity contribution in [3.63, 3.8) is 0 Å². The Morgan fingerprint density at radius 3 is 2.59 bits per heavy atom. The molecule has 4 rings (SSSR count). The van der Waals surface area contributed by atoms with Crippen LogP contribution in [0.5, 0.6) is 0 Å². The highest BCUT2D eigenvalue weighted by molar-refractivity contribution is 5.85. The van der Waals surface area contributed by atoms with Crippen molar-refractivity contribution in [2.75, 3.05) is 18.0 Å². The van der Waals surface area contributed by atoms with Gasteiger partial charge in [-0.3, -0.25) is 0 Å². The summed E-state index contributed by atoms with van der Waals surface area (Å²) in [5.74, 6) is 1.74. The van der Waals surface area contributed by atoms with Crippen LogP contribution < -0.4 is 10.6 Å². The van der Waals surface area contributed by atoms with Crippen molar-refractivity contribution in [1.29, 1.82) is 0 Å². The lowest BCUT2D eigenvalue weighted by Crippen LogP contribution is -2.44. The minimum absolute atomic E-state index is 0. The van der Waals surface area contributed by atoms with E-state index in [0.717, 1.165) is 38.3 Å². The normalized spacial score (nSPS) is 19.6. The Balaban J connectivity index is 0.00000144. The summed E-state index contributed by atoms with van der Waals surface area (Å²) >= 11 is 0. The van der Waals surface area contributed by atoms with E-state index in [1.165, 1.54) is 12.8 Å². The highest BCUT2D eigenvalue weighted by Crippen LogP contribution is 2.37. The molecule has 1 saturated heterocycles. The molecule has 2 aromatic rings. The van der Waals surface area contributed by atoms with Crippen molar-refractivity contribution in [2.45, 2.75) is 37.6 Å². The van der Waals surface area contributed by atoms with Crippen LogP contribution in [0.4, 0.5) is 5.95 Å². The van der Waals surface area contributed by atoms with Gasteiger partial charge in [-0.1, -0.05) is 5.16 Å². The van der Waals surface area contributed by atoms with Crippen LogP contribution in [0.25, 0.3) is 11.6 Å². The van der Waals surface area contributed by atoms with E-state index in [-0.39, 0.29) is 12.4 Å². The second kappa shape index (κ2) is 5.81. The van der Waals surface area contributed by atoms with Crippen molar-refractivity contribution in [1.82, 2.24) is 20.1 Å². The highest BCUT2D eigenvalue weighted by Gasteiger charge is 2.39. The van der Waals surface area contributed by atoms with E-state index in [1.54, 1.807) is 12.3 Å². The van der Waals surface area contributed by atoms with Gasteiger partial charge in [-0.25, -0.2) is 9.97 Å². The van der Waals surface area contributed by atoms with Crippen LogP contribution in [-0.4, -0.2) is 33.2 Å². The first-order chi connectivity index (χ1) is 10.2. The average Bonchev–Trinajstić information content (AvgIpc) is 3.16. The summed E-state index contributed by atoms with van der Waals surface area (Å²) in [6.07, 6.45) is 7.06. The average molecular weight is 323 g/mol. The maximum atomic E-state index is 6.22. The van der Waals surface area contributed by atoms with E-state index in [4.69, 9.17) is 10.3 Å². The van der Waals surface area contributed by atoms with Gasteiger partial charge in [0.05, 0.1) is 5.54 Å². The van der Waals surface area contributed by atoms with Crippen LogP contribution >= 0.6 is 12.4 Å². The Bertz CT molecular complexity index is 650. The Morgan fingerprint density at radius 1 is 1.14 bits per heavy atom. The van der Waals surface area contributed by atoms with Gasteiger partial charge in [0.25, 0.3) is 5.89 Å². The van der Waals surface area contributed by atoms with Crippen LogP contribution in [0.15, 0.2) is 16.8 Å². The smallest absolute Gasteiger partial charge is 0.276 e. The fraction of sp³-hybridized carbons (Fsp3) is 0.571. The third-order valence-electron chi connectivity index (χ3n) is 4.37. The Kier molecular flexibility index (Phi) is 4.01. The number of anilines is 1. The highest BCUT2D eigenvalue weighted by atomic mass is 35.5. The SMILES string of the molecule is Cl.NC1(c2noc(-c3ccnc(N4CCCC4)n3)n2)CCC1. The molecule has 0 spiro atoms. The zero-order chi connectivity index (χ0) is 14.3. The summed E-state index contributed by atoms with van der Waals surface area (Å²) in [6.45, 7) is 2.01. The first-order valence-corrected chi connectivity index (χ1v) is 7.46. The molecule has 2 fully saturated rings. The summed E-state index contributed by atoms with van der Waals surface area (Å²) in [5.41, 5.74) is 6.47. The maximum Gasteiger partial charge on any atom is 0.276 e. The molecule has 7 nitrogen and oxygen atoms in total. The molecule has 0 bridgehead atoms. The van der Waals surface area contributed by atoms with Gasteiger partial charge in [-0.05, 0) is 38.2 Å². The van der Waals surface area contributed by atoms with E-state index < -0.39 is 5.54 Å². The molecular weight excluding hydrogens is 304 g/mol. The molecule has 0 radical (unpaired) electrons. The van der Waals surface area contributed by atoms with Gasteiger partial charge in [-0.2, -0.15) is 4.98 Å². The van der Waals surface area contributed by atoms with Crippen LogP contribution in [-0.2, 0) is 5.54 Å². The number of rotatable bonds is 3. The van der Waals surface area contributed by atoms with Crippen molar-refractivity contribution in [2.24, 2.45) is 5.73 Å². The summed E-state index contributed by atoms with van der Waals surface area (Å²) in [4.78, 5) is 15.5. The van der Waals surface area contributed by atoms with Crippen molar-refractivity contribution in [3.8, 4) is 11.6 Å². The lowest BCUT2D eigenvalue weighted by molar-refractivity contribution is 0.229. The largest absolute Gasteiger partial charge is 0.341 e. The number of nitrogens with zero attached hydrogens (tertiary/aromatic N) is 5. The molecule has 1 aliphatic heterocycles. The molecular formula is C14H19ClN6O. The van der Waals surface area contributed by atoms with Gasteiger partial charge in [0.15, 0.2) is 5.82 Å². The van der Waals surface area contributed by atoms with Gasteiger partial charge >= 0.3 is 0 Å². The minimum Gasteiger partial charge on any atom is -0.341 e. The molecule has 1 saturated carbocycles. The summed E-state index contributed by atoms with van der Waals surface area (Å²) in [7, 11) is 0. The minimum atomic E-state index is -0.410. The molecule has 0 atom stereocenters. The van der Waals surface area contributed by atoms with Crippen molar-refractivity contribution in [3.05, 3.63) is 18.1 Å². The number of hydrogen-bond donors (Lipinski definition) is 1. The molecule has 2 aromatic heterocycles. The Hall–Kier alpha value is -1.73. The first kappa shape index (κ1) is 15.2. The quantitative estimate of drug-likeness (QED) is 0.922. The summed E-state index contributed by atoms with van der Waals surface area (Å²) < 4.78 is 5.34. The number of aromatic nitrogens is 4. The fourth-order valence-corrected chi connectivity index (χ4v) is 2.85. The Labute approximate surface area is 134 Å².